The van der Waals surface area contributed by atoms with Crippen LogP contribution in [0, 0.1) is 11.7 Å². The Morgan fingerprint density at radius 2 is 1.72 bits per heavy atom. The van der Waals surface area contributed by atoms with Crippen molar-refractivity contribution >= 4 is 5.97 Å². The van der Waals surface area contributed by atoms with Crippen molar-refractivity contribution in [2.75, 3.05) is 0 Å². The Bertz CT molecular complexity index is 845. The van der Waals surface area contributed by atoms with Crippen LogP contribution in [0.25, 0.3) is 11.4 Å². The molecule has 1 saturated carbocycles. The van der Waals surface area contributed by atoms with Crippen LogP contribution in [0.4, 0.5) is 4.39 Å². The topological polar surface area (TPSA) is 52.1 Å². The fourth-order valence-corrected chi connectivity index (χ4v) is 4.55. The van der Waals surface area contributed by atoms with E-state index in [1.807, 2.05) is 12.4 Å². The first-order valence-corrected chi connectivity index (χ1v) is 12.4. The lowest BCUT2D eigenvalue weighted by molar-refractivity contribution is 0.0157. The second-order valence-corrected chi connectivity index (χ2v) is 9.11. The van der Waals surface area contributed by atoms with Gasteiger partial charge in [-0.2, -0.15) is 0 Å². The average Bonchev–Trinajstić information content (AvgIpc) is 2.80. The number of rotatable bonds is 11. The molecule has 3 rings (SSSR count). The first-order valence-electron chi connectivity index (χ1n) is 12.4. The van der Waals surface area contributed by atoms with Crippen LogP contribution in [0.2, 0.25) is 0 Å². The summed E-state index contributed by atoms with van der Waals surface area (Å²) in [4.78, 5) is 21.3. The summed E-state index contributed by atoms with van der Waals surface area (Å²) >= 11 is 0. The fraction of sp³-hybridized carbons (Fsp3) is 0.593. The minimum atomic E-state index is -0.587. The number of hydrogen-bond donors (Lipinski definition) is 0. The largest absolute Gasteiger partial charge is 0.459 e. The number of carbonyl (C=O) groups excluding carboxylic acids is 1. The fourth-order valence-electron chi connectivity index (χ4n) is 4.55. The maximum Gasteiger partial charge on any atom is 0.341 e. The minimum Gasteiger partial charge on any atom is -0.459 e. The Balaban J connectivity index is 1.53. The van der Waals surface area contributed by atoms with Gasteiger partial charge < -0.3 is 4.74 Å². The molecule has 2 aromatic rings. The zero-order valence-corrected chi connectivity index (χ0v) is 19.6. The maximum atomic E-state index is 14.7. The first-order chi connectivity index (χ1) is 15.6. The number of halogens is 1. The molecule has 4 nitrogen and oxygen atoms in total. The highest BCUT2D eigenvalue weighted by atomic mass is 19.1. The van der Waals surface area contributed by atoms with Crippen LogP contribution in [0.5, 0.6) is 0 Å². The molecule has 0 radical (unpaired) electrons. The molecule has 1 aliphatic rings. The lowest BCUT2D eigenvalue weighted by Gasteiger charge is -2.28. The van der Waals surface area contributed by atoms with Gasteiger partial charge in [0.1, 0.15) is 11.9 Å². The van der Waals surface area contributed by atoms with Crippen molar-refractivity contribution in [3.63, 3.8) is 0 Å². The minimum absolute atomic E-state index is 0.0202. The van der Waals surface area contributed by atoms with Crippen molar-refractivity contribution in [3.8, 4) is 11.4 Å². The molecule has 0 unspecified atom stereocenters. The first kappa shape index (κ1) is 24.3. The summed E-state index contributed by atoms with van der Waals surface area (Å²) in [7, 11) is 0. The Kier molecular flexibility index (Phi) is 9.63. The highest BCUT2D eigenvalue weighted by Crippen LogP contribution is 2.30. The second kappa shape index (κ2) is 12.7. The Morgan fingerprint density at radius 3 is 2.38 bits per heavy atom. The highest BCUT2D eigenvalue weighted by molar-refractivity contribution is 5.90. The van der Waals surface area contributed by atoms with Crippen molar-refractivity contribution in [1.29, 1.82) is 0 Å². The normalized spacial score (nSPS) is 18.5. The van der Waals surface area contributed by atoms with E-state index in [9.17, 15) is 9.18 Å². The molecule has 0 aliphatic heterocycles. The van der Waals surface area contributed by atoms with Gasteiger partial charge in [-0.25, -0.2) is 19.2 Å². The third kappa shape index (κ3) is 7.11. The number of nitrogens with zero attached hydrogens (tertiary/aromatic N) is 2. The third-order valence-electron chi connectivity index (χ3n) is 6.49. The number of carbonyl (C=O) groups is 1. The van der Waals surface area contributed by atoms with E-state index in [2.05, 4.69) is 23.8 Å². The van der Waals surface area contributed by atoms with Gasteiger partial charge in [-0.1, -0.05) is 58.4 Å². The van der Waals surface area contributed by atoms with E-state index in [-0.39, 0.29) is 11.7 Å². The van der Waals surface area contributed by atoms with Gasteiger partial charge >= 0.3 is 5.97 Å². The molecule has 0 atom stereocenters. The van der Waals surface area contributed by atoms with Gasteiger partial charge in [0.25, 0.3) is 0 Å². The lowest BCUT2D eigenvalue weighted by Crippen LogP contribution is -2.25. The molecule has 1 fully saturated rings. The van der Waals surface area contributed by atoms with E-state index < -0.39 is 11.8 Å². The van der Waals surface area contributed by atoms with E-state index in [0.29, 0.717) is 11.4 Å². The van der Waals surface area contributed by atoms with Gasteiger partial charge in [-0.3, -0.25) is 0 Å². The molecule has 1 aromatic carbocycles. The van der Waals surface area contributed by atoms with Gasteiger partial charge in [0.05, 0.1) is 5.56 Å². The summed E-state index contributed by atoms with van der Waals surface area (Å²) in [5, 5.41) is 0. The number of esters is 1. The number of hydrogen-bond acceptors (Lipinski definition) is 4. The van der Waals surface area contributed by atoms with Gasteiger partial charge in [-0.15, -0.1) is 0 Å². The van der Waals surface area contributed by atoms with Crippen molar-refractivity contribution in [2.24, 2.45) is 5.92 Å². The van der Waals surface area contributed by atoms with E-state index in [1.165, 1.54) is 50.7 Å². The van der Waals surface area contributed by atoms with Crippen molar-refractivity contribution < 1.29 is 13.9 Å². The Hall–Kier alpha value is -2.30. The van der Waals surface area contributed by atoms with E-state index in [4.69, 9.17) is 4.74 Å². The van der Waals surface area contributed by atoms with Crippen molar-refractivity contribution in [1.82, 2.24) is 9.97 Å². The molecule has 5 heteroatoms. The molecule has 0 amide bonds. The highest BCUT2D eigenvalue weighted by Gasteiger charge is 2.25. The third-order valence-corrected chi connectivity index (χ3v) is 6.49. The molecule has 1 aliphatic carbocycles. The summed E-state index contributed by atoms with van der Waals surface area (Å²) in [5.41, 5.74) is 1.64. The number of unbranched alkanes of at least 4 members (excludes halogenated alkanes) is 4. The standard InChI is InChI=1S/C27H37FN2O2/c1-3-5-6-7-8-10-21-18-29-26(30-19-21)22-13-16-24(25(28)17-22)27(31)32-23-14-11-20(9-4-2)12-15-23/h13,16-20,23H,3-12,14-15H2,1-2H3. The molecule has 1 aromatic heterocycles. The van der Waals surface area contributed by atoms with Gasteiger partial charge in [-0.05, 0) is 62.1 Å². The van der Waals surface area contributed by atoms with Gasteiger partial charge in [0.2, 0.25) is 0 Å². The van der Waals surface area contributed by atoms with Crippen molar-refractivity contribution in [3.05, 3.63) is 47.5 Å². The molecular formula is C27H37FN2O2. The van der Waals surface area contributed by atoms with E-state index in [0.717, 1.165) is 50.0 Å². The molecule has 1 heterocycles. The van der Waals surface area contributed by atoms with Crippen LogP contribution >= 0.6 is 0 Å². The summed E-state index contributed by atoms with van der Waals surface area (Å²) in [6.07, 6.45) is 17.0. The van der Waals surface area contributed by atoms with E-state index in [1.54, 1.807) is 6.07 Å². The smallest absolute Gasteiger partial charge is 0.341 e. The zero-order valence-electron chi connectivity index (χ0n) is 19.6. The summed E-state index contributed by atoms with van der Waals surface area (Å²) < 4.78 is 20.3. The summed E-state index contributed by atoms with van der Waals surface area (Å²) in [6, 6.07) is 4.51. The van der Waals surface area contributed by atoms with Crippen LogP contribution in [-0.4, -0.2) is 22.0 Å². The van der Waals surface area contributed by atoms with Crippen LogP contribution in [0.1, 0.15) is 100 Å². The molecule has 0 N–H and O–H groups in total. The van der Waals surface area contributed by atoms with Crippen molar-refractivity contribution in [2.45, 2.75) is 97.0 Å². The predicted molar refractivity (Wildman–Crippen MR) is 126 cm³/mol. The molecule has 0 spiro atoms. The molecule has 0 bridgehead atoms. The molecule has 0 saturated heterocycles. The lowest BCUT2D eigenvalue weighted by atomic mass is 9.85. The number of ether oxygens (including phenoxy) is 1. The van der Waals surface area contributed by atoms with Crippen LogP contribution in [0.15, 0.2) is 30.6 Å². The van der Waals surface area contributed by atoms with Gasteiger partial charge in [0, 0.05) is 18.0 Å². The second-order valence-electron chi connectivity index (χ2n) is 9.11. The number of benzene rings is 1. The quantitative estimate of drug-likeness (QED) is 0.271. The Morgan fingerprint density at radius 1 is 1.00 bits per heavy atom. The van der Waals surface area contributed by atoms with Gasteiger partial charge in [0.15, 0.2) is 5.82 Å². The molecule has 174 valence electrons. The predicted octanol–water partition coefficient (Wildman–Crippen LogP) is 7.31. The van der Waals surface area contributed by atoms with Crippen LogP contribution in [0.3, 0.4) is 0 Å². The monoisotopic (exact) mass is 440 g/mol. The molecule has 32 heavy (non-hydrogen) atoms. The summed E-state index contributed by atoms with van der Waals surface area (Å²) in [5.74, 6) is 0.0364. The SMILES string of the molecule is CCCCCCCc1cnc(-c2ccc(C(=O)OC3CCC(CCC)CC3)c(F)c2)nc1. The number of aromatic nitrogens is 2. The zero-order chi connectivity index (χ0) is 22.8. The van der Waals surface area contributed by atoms with Crippen LogP contribution < -0.4 is 0 Å². The summed E-state index contributed by atoms with van der Waals surface area (Å²) in [6.45, 7) is 4.41. The van der Waals surface area contributed by atoms with E-state index >= 15 is 0 Å². The average molecular weight is 441 g/mol. The molecular weight excluding hydrogens is 403 g/mol. The van der Waals surface area contributed by atoms with Crippen LogP contribution in [-0.2, 0) is 11.2 Å². The maximum absolute atomic E-state index is 14.7. The Labute approximate surface area is 192 Å². The number of aryl methyl sites for hydroxylation is 1.